The van der Waals surface area contributed by atoms with E-state index in [1.165, 1.54) is 0 Å². The number of rotatable bonds is 12. The molecule has 0 aliphatic carbocycles. The van der Waals surface area contributed by atoms with Gasteiger partial charge in [0, 0.05) is 67.4 Å². The van der Waals surface area contributed by atoms with Crippen LogP contribution in [0.25, 0.3) is 21.9 Å². The van der Waals surface area contributed by atoms with E-state index in [1.54, 1.807) is 42.8 Å². The lowest BCUT2D eigenvalue weighted by atomic mass is 9.71. The third-order valence-corrected chi connectivity index (χ3v) is 16.2. The first-order valence-corrected chi connectivity index (χ1v) is 26.3. The normalized spacial score (nSPS) is 18.0. The van der Waals surface area contributed by atoms with Gasteiger partial charge in [-0.05, 0) is 141 Å². The maximum absolute atomic E-state index is 13.7. The number of hydrogen-bond donors (Lipinski definition) is 3. The van der Waals surface area contributed by atoms with Crippen LogP contribution in [-0.4, -0.2) is 94.0 Å². The smallest absolute Gasteiger partial charge is 0.329 e. The number of halogens is 1. The first kappa shape index (κ1) is 45.6. The number of likely N-dealkylation sites (tertiary alicyclic amines) is 1. The van der Waals surface area contributed by atoms with Crippen LogP contribution in [0.1, 0.15) is 68.3 Å². The van der Waals surface area contributed by atoms with E-state index in [4.69, 9.17) is 14.7 Å². The van der Waals surface area contributed by atoms with Gasteiger partial charge in [0.2, 0.25) is 17.8 Å². The van der Waals surface area contributed by atoms with Gasteiger partial charge < -0.3 is 29.7 Å². The number of carbonyl (C=O) groups is 2. The highest BCUT2D eigenvalue weighted by Crippen LogP contribution is 2.45. The van der Waals surface area contributed by atoms with Gasteiger partial charge in [-0.3, -0.25) is 29.0 Å². The zero-order valence-electron chi connectivity index (χ0n) is 38.5. The molecule has 346 valence electrons. The molecule has 3 aromatic carbocycles. The minimum Gasteiger partial charge on any atom is -0.494 e. The van der Waals surface area contributed by atoms with Gasteiger partial charge >= 0.3 is 5.69 Å². The fourth-order valence-corrected chi connectivity index (χ4v) is 12.1. The number of pyridine rings is 1. The summed E-state index contributed by atoms with van der Waals surface area (Å²) in [4.78, 5) is 57.2. The molecule has 0 bridgehead atoms. The van der Waals surface area contributed by atoms with Gasteiger partial charge in [0.05, 0.1) is 39.5 Å². The van der Waals surface area contributed by atoms with Gasteiger partial charge in [-0.1, -0.05) is 25.1 Å². The van der Waals surface area contributed by atoms with E-state index in [1.807, 2.05) is 36.4 Å². The van der Waals surface area contributed by atoms with E-state index in [0.29, 0.717) is 39.5 Å². The number of hydrogen-bond acceptors (Lipinski definition) is 12. The summed E-state index contributed by atoms with van der Waals surface area (Å²) in [6.07, 6.45) is 8.42. The zero-order valence-corrected chi connectivity index (χ0v) is 41.0. The summed E-state index contributed by atoms with van der Waals surface area (Å²) in [7, 11) is 0.712. The predicted molar refractivity (Wildman–Crippen MR) is 266 cm³/mol. The Morgan fingerprint density at radius 3 is 2.42 bits per heavy atom. The standard InChI is InChI=1S/C49H58BrN10O5P/c1-7-32-11-12-33-35(52-32)13-14-36(44(33)66(5,6)64)53-45-34(50)29-51-47(56-45)54-37-27-30(2)40(28-41(37)65-4)59-25-20-49(21-26-59)18-23-58(24-19-49)22-17-31-9-8-10-38-43(31)57(3)48(63)60(38)39-15-16-42(61)55-46(39)62/h8-14,27-29,39H,7,15-26H2,1-6H3,(H,55,61,62)(H2,51,53,54,56). The first-order valence-electron chi connectivity index (χ1n) is 22.9. The molecule has 3 N–H and O–H groups in total. The summed E-state index contributed by atoms with van der Waals surface area (Å²) in [5.74, 6) is 0.905. The predicted octanol–water partition coefficient (Wildman–Crippen LogP) is 7.96. The van der Waals surface area contributed by atoms with Crippen LogP contribution in [0.2, 0.25) is 0 Å². The number of para-hydroxylation sites is 1. The quantitative estimate of drug-likeness (QED) is 0.0801. The number of ether oxygens (including phenoxy) is 1. The Balaban J connectivity index is 0.832. The molecule has 9 rings (SSSR count). The molecule has 1 spiro atoms. The second-order valence-corrected chi connectivity index (χ2v) is 22.6. The van der Waals surface area contributed by atoms with E-state index in [9.17, 15) is 18.9 Å². The number of nitrogens with one attached hydrogen (secondary N) is 3. The van der Waals surface area contributed by atoms with Crippen LogP contribution in [0.4, 0.5) is 28.8 Å². The number of benzene rings is 3. The SMILES string of the molecule is CCc1ccc2c(P(C)(C)=O)c(Nc3nc(Nc4cc(C)c(N5CCC6(CCN(CCc7cccc8c7n(C)c(=O)n8C7CCC(=O)NC7=O)CC6)CC5)cc4OC)ncc3Br)ccc2n1. The van der Waals surface area contributed by atoms with Crippen molar-refractivity contribution < 1.29 is 18.9 Å². The summed E-state index contributed by atoms with van der Waals surface area (Å²) in [6.45, 7) is 12.7. The van der Waals surface area contributed by atoms with Crippen molar-refractivity contribution in [3.05, 3.63) is 92.6 Å². The van der Waals surface area contributed by atoms with Crippen molar-refractivity contribution in [2.75, 3.05) is 68.7 Å². The lowest BCUT2D eigenvalue weighted by Crippen LogP contribution is -2.47. The molecular weight excluding hydrogens is 919 g/mol. The van der Waals surface area contributed by atoms with E-state index in [2.05, 4.69) is 78.7 Å². The van der Waals surface area contributed by atoms with Crippen LogP contribution in [0, 0.1) is 12.3 Å². The molecule has 15 nitrogen and oxygen atoms in total. The van der Waals surface area contributed by atoms with Gasteiger partial charge in [0.15, 0.2) is 0 Å². The monoisotopic (exact) mass is 976 g/mol. The number of amides is 2. The Morgan fingerprint density at radius 2 is 1.71 bits per heavy atom. The fourth-order valence-electron chi connectivity index (χ4n) is 10.4. The third-order valence-electron chi connectivity index (χ3n) is 14.0. The lowest BCUT2D eigenvalue weighted by Gasteiger charge is -2.47. The Bertz CT molecular complexity index is 2980. The maximum Gasteiger partial charge on any atom is 0.329 e. The van der Waals surface area contributed by atoms with Crippen molar-refractivity contribution >= 4 is 91.0 Å². The number of piperidine rings is 3. The highest BCUT2D eigenvalue weighted by molar-refractivity contribution is 9.10. The summed E-state index contributed by atoms with van der Waals surface area (Å²) in [5.41, 5.74) is 8.32. The van der Waals surface area contributed by atoms with Gasteiger partial charge in [-0.25, -0.2) is 9.78 Å². The Kier molecular flexibility index (Phi) is 12.6. The Labute approximate surface area is 393 Å². The van der Waals surface area contributed by atoms with E-state index in [0.717, 1.165) is 127 Å². The zero-order chi connectivity index (χ0) is 46.5. The molecule has 6 aromatic rings. The number of anilines is 5. The number of aromatic nitrogens is 5. The van der Waals surface area contributed by atoms with Crippen molar-refractivity contribution in [3.8, 4) is 5.75 Å². The van der Waals surface area contributed by atoms with Crippen molar-refractivity contribution in [3.63, 3.8) is 0 Å². The molecule has 3 saturated heterocycles. The largest absolute Gasteiger partial charge is 0.494 e. The number of fused-ring (bicyclic) bond motifs is 2. The summed E-state index contributed by atoms with van der Waals surface area (Å²) < 4.78 is 23.6. The molecule has 0 saturated carbocycles. The average Bonchev–Trinajstić information content (AvgIpc) is 3.55. The third kappa shape index (κ3) is 8.87. The van der Waals surface area contributed by atoms with Crippen molar-refractivity contribution in [2.45, 2.75) is 71.3 Å². The molecule has 3 fully saturated rings. The number of imide groups is 1. The maximum atomic E-state index is 13.7. The molecular formula is C49H58BrN10O5P. The number of carbonyl (C=O) groups excluding carboxylic acids is 2. The summed E-state index contributed by atoms with van der Waals surface area (Å²) in [6, 6.07) is 17.4. The molecule has 2 amide bonds. The molecule has 0 radical (unpaired) electrons. The van der Waals surface area contributed by atoms with Crippen LogP contribution >= 0.6 is 23.1 Å². The van der Waals surface area contributed by atoms with Crippen LogP contribution in [0.3, 0.4) is 0 Å². The van der Waals surface area contributed by atoms with Crippen molar-refractivity contribution in [2.24, 2.45) is 12.5 Å². The van der Waals surface area contributed by atoms with Gasteiger partial charge in [-0.15, -0.1) is 0 Å². The highest BCUT2D eigenvalue weighted by Gasteiger charge is 2.38. The summed E-state index contributed by atoms with van der Waals surface area (Å²) in [5, 5.41) is 10.8. The number of nitrogens with zero attached hydrogens (tertiary/aromatic N) is 7. The fraction of sp³-hybridized carbons (Fsp3) is 0.429. The molecule has 3 aromatic heterocycles. The lowest BCUT2D eigenvalue weighted by molar-refractivity contribution is -0.135. The molecule has 6 heterocycles. The molecule has 3 aliphatic rings. The minimum atomic E-state index is -2.74. The highest BCUT2D eigenvalue weighted by atomic mass is 79.9. The molecule has 1 atom stereocenters. The first-order chi connectivity index (χ1) is 31.6. The Hall–Kier alpha value is -5.57. The average molecular weight is 978 g/mol. The summed E-state index contributed by atoms with van der Waals surface area (Å²) >= 11 is 3.62. The minimum absolute atomic E-state index is 0.219. The van der Waals surface area contributed by atoms with Crippen LogP contribution < -0.4 is 36.6 Å². The van der Waals surface area contributed by atoms with Crippen LogP contribution in [-0.2, 0) is 34.0 Å². The van der Waals surface area contributed by atoms with E-state index in [-0.39, 0.29) is 18.0 Å². The number of imidazole rings is 1. The number of methoxy groups -OCH3 is 1. The molecule has 17 heteroatoms. The molecule has 66 heavy (non-hydrogen) atoms. The van der Waals surface area contributed by atoms with Crippen LogP contribution in [0.15, 0.2) is 70.1 Å². The van der Waals surface area contributed by atoms with Crippen LogP contribution in [0.5, 0.6) is 5.75 Å². The Morgan fingerprint density at radius 1 is 0.955 bits per heavy atom. The van der Waals surface area contributed by atoms with Crippen molar-refractivity contribution in [1.82, 2.24) is 34.3 Å². The molecule has 1 unspecified atom stereocenters. The topological polar surface area (TPSA) is 169 Å². The van der Waals surface area contributed by atoms with Gasteiger partial charge in [0.1, 0.15) is 24.8 Å². The van der Waals surface area contributed by atoms with Gasteiger partial charge in [0.25, 0.3) is 0 Å². The second-order valence-electron chi connectivity index (χ2n) is 18.6. The van der Waals surface area contributed by atoms with E-state index < -0.39 is 19.1 Å². The second kappa shape index (κ2) is 18.3. The van der Waals surface area contributed by atoms with Crippen molar-refractivity contribution in [1.29, 1.82) is 0 Å². The van der Waals surface area contributed by atoms with Gasteiger partial charge in [-0.2, -0.15) is 4.98 Å². The number of aryl methyl sites for hydroxylation is 3. The molecule has 3 aliphatic heterocycles. The van der Waals surface area contributed by atoms with E-state index >= 15 is 0 Å².